The summed E-state index contributed by atoms with van der Waals surface area (Å²) >= 11 is 2.38. The highest BCUT2D eigenvalue weighted by Gasteiger charge is 2.54. The number of anilines is 1. The zero-order valence-electron chi connectivity index (χ0n) is 27.2. The summed E-state index contributed by atoms with van der Waals surface area (Å²) in [5.74, 6) is -4.73. The second-order valence-corrected chi connectivity index (χ2v) is 14.3. The summed E-state index contributed by atoms with van der Waals surface area (Å²) in [6.45, 7) is 3.02. The molecule has 14 nitrogen and oxygen atoms in total. The summed E-state index contributed by atoms with van der Waals surface area (Å²) in [7, 11) is 0. The quantitative estimate of drug-likeness (QED) is 0.0463. The number of pyridine rings is 1. The molecule has 2 aliphatic heterocycles. The third-order valence-corrected chi connectivity index (χ3v) is 10.4. The minimum Gasteiger partial charge on any atom is -0.504 e. The van der Waals surface area contributed by atoms with Crippen molar-refractivity contribution < 1.29 is 49.0 Å². The number of nitrogens with zero attached hydrogens (tertiary/aromatic N) is 4. The molecular formula is C35H32N5O9S2+. The second-order valence-electron chi connectivity index (χ2n) is 12.4. The number of nitrogens with two attached hydrogens (primary N) is 1. The molecule has 0 spiro atoms. The summed E-state index contributed by atoms with van der Waals surface area (Å²) < 4.78 is 1.94. The molecular weight excluding hydrogens is 699 g/mol. The van der Waals surface area contributed by atoms with Crippen molar-refractivity contribution in [2.45, 2.75) is 37.8 Å². The highest BCUT2D eigenvalue weighted by atomic mass is 32.2. The number of rotatable bonds is 12. The van der Waals surface area contributed by atoms with E-state index in [0.29, 0.717) is 12.1 Å². The van der Waals surface area contributed by atoms with Gasteiger partial charge in [0.15, 0.2) is 40.9 Å². The molecule has 1 amide bonds. The van der Waals surface area contributed by atoms with Crippen molar-refractivity contribution in [1.29, 1.82) is 0 Å². The molecule has 6 rings (SSSR count). The zero-order chi connectivity index (χ0) is 36.6. The molecule has 4 aromatic rings. The summed E-state index contributed by atoms with van der Waals surface area (Å²) in [5.41, 5.74) is 6.56. The molecule has 262 valence electrons. The number of benzene rings is 2. The van der Waals surface area contributed by atoms with Gasteiger partial charge in [0.25, 0.3) is 0 Å². The predicted molar refractivity (Wildman–Crippen MR) is 189 cm³/mol. The number of hydrogen-bond acceptors (Lipinski definition) is 12. The fourth-order valence-corrected chi connectivity index (χ4v) is 7.53. The number of allylic oxidation sites excluding steroid dienone is 1. The molecule has 1 saturated heterocycles. The molecule has 16 heteroatoms. The lowest BCUT2D eigenvalue weighted by Crippen LogP contribution is -2.62. The van der Waals surface area contributed by atoms with Crippen LogP contribution in [-0.2, 0) is 30.6 Å². The van der Waals surface area contributed by atoms with Crippen LogP contribution in [0.1, 0.15) is 37.1 Å². The van der Waals surface area contributed by atoms with Crippen molar-refractivity contribution in [2.75, 3.05) is 11.5 Å². The van der Waals surface area contributed by atoms with Crippen LogP contribution in [0.3, 0.4) is 0 Å². The number of thioether (sulfide) groups is 1. The number of carbonyl (C=O) groups excluding carboxylic acids is 2. The first-order chi connectivity index (χ1) is 24.2. The summed E-state index contributed by atoms with van der Waals surface area (Å²) in [6, 6.07) is 14.3. The number of aromatic hydroxyl groups is 2. The topological polar surface area (TPSA) is 217 Å². The third-order valence-electron chi connectivity index (χ3n) is 8.41. The van der Waals surface area contributed by atoms with Crippen LogP contribution in [0, 0.1) is 5.92 Å². The van der Waals surface area contributed by atoms with E-state index in [0.717, 1.165) is 33.4 Å². The van der Waals surface area contributed by atoms with E-state index in [-0.39, 0.29) is 45.9 Å². The molecule has 6 N–H and O–H groups in total. The van der Waals surface area contributed by atoms with Crippen molar-refractivity contribution in [2.24, 2.45) is 11.1 Å². The Labute approximate surface area is 298 Å². The summed E-state index contributed by atoms with van der Waals surface area (Å²) in [4.78, 5) is 61.2. The number of fused-ring (bicyclic) bond motifs is 2. The molecule has 2 aliphatic rings. The van der Waals surface area contributed by atoms with Gasteiger partial charge in [-0.2, -0.15) is 4.57 Å². The Morgan fingerprint density at radius 1 is 1.12 bits per heavy atom. The Morgan fingerprint density at radius 3 is 2.51 bits per heavy atom. The first kappa shape index (κ1) is 35.1. The van der Waals surface area contributed by atoms with Gasteiger partial charge < -0.3 is 31.0 Å². The van der Waals surface area contributed by atoms with Crippen LogP contribution in [0.4, 0.5) is 5.13 Å². The number of hydrogen-bond donors (Lipinski definition) is 5. The minimum atomic E-state index is -1.75. The number of carbonyl (C=O) groups is 4. The Kier molecular flexibility index (Phi) is 9.55. The van der Waals surface area contributed by atoms with Crippen molar-refractivity contribution in [3.63, 3.8) is 0 Å². The van der Waals surface area contributed by atoms with Gasteiger partial charge in [-0.25, -0.2) is 14.6 Å². The van der Waals surface area contributed by atoms with Gasteiger partial charge in [-0.15, -0.1) is 23.1 Å². The number of amides is 1. The lowest BCUT2D eigenvalue weighted by molar-refractivity contribution is -0.662. The Bertz CT molecular complexity index is 2180. The normalized spacial score (nSPS) is 17.8. The average Bonchev–Trinajstić information content (AvgIpc) is 3.52. The van der Waals surface area contributed by atoms with Crippen LogP contribution >= 0.6 is 23.1 Å². The van der Waals surface area contributed by atoms with Crippen LogP contribution < -0.4 is 10.3 Å². The van der Waals surface area contributed by atoms with Gasteiger partial charge >= 0.3 is 11.9 Å². The number of ketones is 1. The van der Waals surface area contributed by atoms with Gasteiger partial charge in [0.1, 0.15) is 11.4 Å². The van der Waals surface area contributed by atoms with Crippen molar-refractivity contribution in [3.05, 3.63) is 94.3 Å². The van der Waals surface area contributed by atoms with Gasteiger partial charge in [-0.1, -0.05) is 41.6 Å². The number of carboxylic acid groups (broad SMARTS) is 2. The average molecular weight is 731 g/mol. The number of aromatic nitrogens is 2. The number of aliphatic carboxylic acids is 2. The summed E-state index contributed by atoms with van der Waals surface area (Å²) in [6.07, 6.45) is 4.98. The highest BCUT2D eigenvalue weighted by molar-refractivity contribution is 8.00. The molecule has 2 aromatic heterocycles. The largest absolute Gasteiger partial charge is 0.504 e. The SMILES string of the molecule is CC(C)(O/N=C(\C(=O)C[C@@H]1C(=O)N2C(C(=O)O)=C(C=Cc3ccc(C[n+]4cccc5cc(O)c(O)cc54)cc3)CS[C@H]12)c1csc(N)n1)C(=O)O. The lowest BCUT2D eigenvalue weighted by Gasteiger charge is -2.49. The van der Waals surface area contributed by atoms with E-state index in [9.17, 15) is 39.6 Å². The molecule has 2 aromatic carbocycles. The highest BCUT2D eigenvalue weighted by Crippen LogP contribution is 2.45. The van der Waals surface area contributed by atoms with Crippen LogP contribution in [0.15, 0.2) is 82.6 Å². The van der Waals surface area contributed by atoms with Gasteiger partial charge in [0.05, 0.1) is 22.7 Å². The molecule has 0 unspecified atom stereocenters. The standard InChI is InChI=1S/C35H31N5O9S2/c1-35(2,33(47)48)49-38-28(23-17-51-34(36)37-23)27(43)13-22-30(44)40-29(32(45)46)21(16-50-31(22)40)10-9-18-5-7-19(8-6-18)15-39-11-3-4-20-12-25(41)26(42)14-24(20)39/h3-12,14,17,22,31H,13,15-16H2,1-2H3,(H5,36,37,41,45,46,47,48)/p+1/b10-9?,38-28-/t22-,31-/m1/s1. The van der Waals surface area contributed by atoms with Crippen LogP contribution in [-0.4, -0.2) is 76.4 Å². The number of oxime groups is 1. The number of β-lactam (4-membered cyclic amide) rings is 1. The number of Topliss-reactive ketones (excluding diaryl/α,β-unsaturated/α-hetero) is 1. The van der Waals surface area contributed by atoms with Gasteiger partial charge in [-0.05, 0) is 37.1 Å². The minimum absolute atomic E-state index is 0.0731. The van der Waals surface area contributed by atoms with Gasteiger partial charge in [-0.3, -0.25) is 14.5 Å². The molecule has 1 fully saturated rings. The molecule has 0 aliphatic carbocycles. The molecule has 0 radical (unpaired) electrons. The van der Waals surface area contributed by atoms with Crippen molar-refractivity contribution in [3.8, 4) is 11.5 Å². The number of phenolic OH excluding ortho intramolecular Hbond substituents is 2. The van der Waals surface area contributed by atoms with Gasteiger partial charge in [0.2, 0.25) is 17.0 Å². The van der Waals surface area contributed by atoms with E-state index in [1.807, 2.05) is 47.2 Å². The molecule has 2 atom stereocenters. The van der Waals surface area contributed by atoms with E-state index < -0.39 is 40.5 Å². The second kappa shape index (κ2) is 13.9. The predicted octanol–water partition coefficient (Wildman–Crippen LogP) is 3.75. The fourth-order valence-electron chi connectivity index (χ4n) is 5.60. The number of phenols is 2. The van der Waals surface area contributed by atoms with E-state index in [4.69, 9.17) is 10.6 Å². The first-order valence-electron chi connectivity index (χ1n) is 15.5. The van der Waals surface area contributed by atoms with E-state index in [1.165, 1.54) is 48.0 Å². The third kappa shape index (κ3) is 7.13. The van der Waals surface area contributed by atoms with E-state index in [1.54, 1.807) is 12.2 Å². The molecule has 4 heterocycles. The molecule has 0 saturated carbocycles. The Hall–Kier alpha value is -5.74. The van der Waals surface area contributed by atoms with Crippen molar-refractivity contribution >= 4 is 74.5 Å². The number of carboxylic acids is 2. The number of thiazole rings is 1. The molecule has 51 heavy (non-hydrogen) atoms. The van der Waals surface area contributed by atoms with Crippen molar-refractivity contribution in [1.82, 2.24) is 9.88 Å². The van der Waals surface area contributed by atoms with E-state index >= 15 is 0 Å². The maximum absolute atomic E-state index is 13.4. The fraction of sp³-hybridized carbons (Fsp3) is 0.229. The maximum Gasteiger partial charge on any atom is 0.352 e. The number of nitrogen functional groups attached to an aromatic ring is 1. The first-order valence-corrected chi connectivity index (χ1v) is 17.4. The Balaban J connectivity index is 1.16. The smallest absolute Gasteiger partial charge is 0.352 e. The molecule has 0 bridgehead atoms. The van der Waals surface area contributed by atoms with Gasteiger partial charge in [0, 0.05) is 29.2 Å². The van der Waals surface area contributed by atoms with Crippen LogP contribution in [0.25, 0.3) is 17.0 Å². The lowest BCUT2D eigenvalue weighted by atomic mass is 9.89. The van der Waals surface area contributed by atoms with Crippen LogP contribution in [0.5, 0.6) is 11.5 Å². The zero-order valence-corrected chi connectivity index (χ0v) is 28.9. The Morgan fingerprint density at radius 2 is 1.84 bits per heavy atom. The summed E-state index contributed by atoms with van der Waals surface area (Å²) in [5, 5.41) is 44.9. The maximum atomic E-state index is 13.4. The van der Waals surface area contributed by atoms with Crippen LogP contribution in [0.2, 0.25) is 0 Å². The van der Waals surface area contributed by atoms with E-state index in [2.05, 4.69) is 10.1 Å². The monoisotopic (exact) mass is 730 g/mol.